The van der Waals surface area contributed by atoms with Gasteiger partial charge >= 0.3 is 0 Å². The normalized spacial score (nSPS) is 22.0. The molecule has 0 radical (unpaired) electrons. The SMILES string of the molecule is Cc1ccc(N2C(=O)C3N=NN(Cc4cccc(Cl)c4)C3C2=O)cc1. The number of amides is 2. The lowest BCUT2D eigenvalue weighted by Gasteiger charge is -2.20. The van der Waals surface area contributed by atoms with Crippen molar-refractivity contribution in [1.29, 1.82) is 0 Å². The third-order valence-corrected chi connectivity index (χ3v) is 4.62. The van der Waals surface area contributed by atoms with E-state index < -0.39 is 12.1 Å². The number of benzene rings is 2. The first kappa shape index (κ1) is 15.8. The minimum Gasteiger partial charge on any atom is -0.271 e. The zero-order valence-electron chi connectivity index (χ0n) is 13.5. The molecule has 2 aliphatic rings. The van der Waals surface area contributed by atoms with E-state index in [2.05, 4.69) is 10.3 Å². The van der Waals surface area contributed by atoms with E-state index in [1.807, 2.05) is 37.3 Å². The standard InChI is InChI=1S/C18H15ClN4O2/c1-11-5-7-14(8-6-11)23-17(24)15-16(18(23)25)22(21-20-15)10-12-3-2-4-13(19)9-12/h2-9,15-16H,10H2,1H3. The number of imide groups is 1. The molecular weight excluding hydrogens is 340 g/mol. The molecule has 2 amide bonds. The maximum absolute atomic E-state index is 12.9. The molecule has 2 unspecified atom stereocenters. The number of rotatable bonds is 3. The van der Waals surface area contributed by atoms with Crippen LogP contribution in [-0.4, -0.2) is 28.9 Å². The number of carbonyl (C=O) groups excluding carboxylic acids is 2. The van der Waals surface area contributed by atoms with Crippen molar-refractivity contribution in [1.82, 2.24) is 5.01 Å². The van der Waals surface area contributed by atoms with E-state index in [0.717, 1.165) is 11.1 Å². The number of fused-ring (bicyclic) bond motifs is 1. The Morgan fingerprint density at radius 1 is 1.08 bits per heavy atom. The number of aryl methyl sites for hydroxylation is 1. The fraction of sp³-hybridized carbons (Fsp3) is 0.222. The molecule has 0 saturated carbocycles. The summed E-state index contributed by atoms with van der Waals surface area (Å²) >= 11 is 6.01. The average molecular weight is 355 g/mol. The van der Waals surface area contributed by atoms with Gasteiger partial charge in [0.05, 0.1) is 12.2 Å². The molecule has 2 aliphatic heterocycles. The molecule has 2 atom stereocenters. The Labute approximate surface area is 149 Å². The first-order chi connectivity index (χ1) is 12.0. The highest BCUT2D eigenvalue weighted by molar-refractivity contribution is 6.30. The lowest BCUT2D eigenvalue weighted by Crippen LogP contribution is -2.39. The predicted molar refractivity (Wildman–Crippen MR) is 93.1 cm³/mol. The molecule has 0 aliphatic carbocycles. The molecule has 126 valence electrons. The van der Waals surface area contributed by atoms with Gasteiger partial charge < -0.3 is 0 Å². The molecule has 4 rings (SSSR count). The Morgan fingerprint density at radius 2 is 1.84 bits per heavy atom. The number of nitrogens with zero attached hydrogens (tertiary/aromatic N) is 4. The van der Waals surface area contributed by atoms with Gasteiger partial charge in [0.2, 0.25) is 0 Å². The fourth-order valence-electron chi connectivity index (χ4n) is 3.12. The monoisotopic (exact) mass is 354 g/mol. The topological polar surface area (TPSA) is 65.3 Å². The summed E-state index contributed by atoms with van der Waals surface area (Å²) in [4.78, 5) is 26.7. The van der Waals surface area contributed by atoms with Gasteiger partial charge in [-0.1, -0.05) is 46.7 Å². The number of halogens is 1. The summed E-state index contributed by atoms with van der Waals surface area (Å²) in [6.45, 7) is 2.32. The van der Waals surface area contributed by atoms with Gasteiger partial charge in [-0.05, 0) is 36.8 Å². The molecule has 1 fully saturated rings. The van der Waals surface area contributed by atoms with Crippen molar-refractivity contribution >= 4 is 29.1 Å². The van der Waals surface area contributed by atoms with E-state index in [4.69, 9.17) is 11.6 Å². The molecular formula is C18H15ClN4O2. The molecule has 2 aromatic rings. The number of carbonyl (C=O) groups is 2. The van der Waals surface area contributed by atoms with Crippen molar-refractivity contribution in [3.8, 4) is 0 Å². The first-order valence-corrected chi connectivity index (χ1v) is 8.29. The third kappa shape index (κ3) is 2.68. The highest BCUT2D eigenvalue weighted by Gasteiger charge is 2.54. The quantitative estimate of drug-likeness (QED) is 0.795. The van der Waals surface area contributed by atoms with Crippen LogP contribution >= 0.6 is 11.6 Å². The van der Waals surface area contributed by atoms with Gasteiger partial charge in [0.25, 0.3) is 11.8 Å². The van der Waals surface area contributed by atoms with Crippen molar-refractivity contribution in [2.45, 2.75) is 25.6 Å². The van der Waals surface area contributed by atoms with E-state index in [1.165, 1.54) is 4.90 Å². The molecule has 6 nitrogen and oxygen atoms in total. The van der Waals surface area contributed by atoms with Crippen LogP contribution in [0, 0.1) is 6.92 Å². The largest absolute Gasteiger partial charge is 0.271 e. The molecule has 0 bridgehead atoms. The van der Waals surface area contributed by atoms with Crippen LogP contribution in [0.4, 0.5) is 5.69 Å². The van der Waals surface area contributed by atoms with Crippen molar-refractivity contribution < 1.29 is 9.59 Å². The first-order valence-electron chi connectivity index (χ1n) is 7.91. The van der Waals surface area contributed by atoms with Crippen molar-refractivity contribution in [3.05, 3.63) is 64.7 Å². The van der Waals surface area contributed by atoms with Crippen molar-refractivity contribution in [2.75, 3.05) is 4.90 Å². The number of hydrogen-bond acceptors (Lipinski definition) is 5. The van der Waals surface area contributed by atoms with E-state index in [1.54, 1.807) is 23.2 Å². The third-order valence-electron chi connectivity index (χ3n) is 4.38. The molecule has 2 heterocycles. The van der Waals surface area contributed by atoms with Crippen LogP contribution in [0.2, 0.25) is 5.02 Å². The summed E-state index contributed by atoms with van der Waals surface area (Å²) in [6, 6.07) is 13.1. The van der Waals surface area contributed by atoms with Gasteiger partial charge in [-0.15, -0.1) is 0 Å². The predicted octanol–water partition coefficient (Wildman–Crippen LogP) is 3.14. The summed E-state index contributed by atoms with van der Waals surface area (Å²) in [7, 11) is 0. The van der Waals surface area contributed by atoms with Crippen LogP contribution in [0.5, 0.6) is 0 Å². The summed E-state index contributed by atoms with van der Waals surface area (Å²) in [5, 5.41) is 10.2. The van der Waals surface area contributed by atoms with E-state index in [9.17, 15) is 9.59 Å². The molecule has 0 spiro atoms. The van der Waals surface area contributed by atoms with Crippen LogP contribution in [0.3, 0.4) is 0 Å². The van der Waals surface area contributed by atoms with Crippen LogP contribution in [0.15, 0.2) is 58.9 Å². The van der Waals surface area contributed by atoms with Crippen LogP contribution < -0.4 is 4.90 Å². The van der Waals surface area contributed by atoms with E-state index in [-0.39, 0.29) is 11.8 Å². The summed E-state index contributed by atoms with van der Waals surface area (Å²) in [6.07, 6.45) is 0. The maximum Gasteiger partial charge on any atom is 0.263 e. The summed E-state index contributed by atoms with van der Waals surface area (Å²) < 4.78 is 0. The molecule has 0 aromatic heterocycles. The number of hydrogen-bond donors (Lipinski definition) is 0. The molecule has 2 aromatic carbocycles. The van der Waals surface area contributed by atoms with Crippen LogP contribution in [0.25, 0.3) is 0 Å². The zero-order chi connectivity index (χ0) is 17.6. The highest BCUT2D eigenvalue weighted by Crippen LogP contribution is 2.33. The van der Waals surface area contributed by atoms with Crippen molar-refractivity contribution in [3.63, 3.8) is 0 Å². The van der Waals surface area contributed by atoms with Crippen LogP contribution in [0.1, 0.15) is 11.1 Å². The smallest absolute Gasteiger partial charge is 0.263 e. The zero-order valence-corrected chi connectivity index (χ0v) is 14.2. The Bertz CT molecular complexity index is 881. The Hall–Kier alpha value is -2.73. The van der Waals surface area contributed by atoms with Gasteiger partial charge in [0.1, 0.15) is 0 Å². The molecule has 1 saturated heterocycles. The Kier molecular flexibility index (Phi) is 3.77. The molecule has 25 heavy (non-hydrogen) atoms. The maximum atomic E-state index is 12.9. The minimum atomic E-state index is -0.784. The van der Waals surface area contributed by atoms with Gasteiger partial charge in [-0.25, -0.2) is 4.90 Å². The second kappa shape index (κ2) is 5.97. The van der Waals surface area contributed by atoms with E-state index in [0.29, 0.717) is 17.3 Å². The second-order valence-corrected chi connectivity index (χ2v) is 6.61. The van der Waals surface area contributed by atoms with Crippen LogP contribution in [-0.2, 0) is 16.1 Å². The lowest BCUT2D eigenvalue weighted by molar-refractivity contribution is -0.123. The number of anilines is 1. The second-order valence-electron chi connectivity index (χ2n) is 6.17. The Balaban J connectivity index is 1.60. The summed E-state index contributed by atoms with van der Waals surface area (Å²) in [5.74, 6) is -0.637. The fourth-order valence-corrected chi connectivity index (χ4v) is 3.34. The minimum absolute atomic E-state index is 0.300. The summed E-state index contributed by atoms with van der Waals surface area (Å²) in [5.41, 5.74) is 2.53. The van der Waals surface area contributed by atoms with Gasteiger partial charge in [-0.3, -0.25) is 14.6 Å². The van der Waals surface area contributed by atoms with E-state index >= 15 is 0 Å². The van der Waals surface area contributed by atoms with Gasteiger partial charge in [0, 0.05) is 5.02 Å². The molecule has 0 N–H and O–H groups in total. The lowest BCUT2D eigenvalue weighted by atomic mass is 10.1. The Morgan fingerprint density at radius 3 is 2.56 bits per heavy atom. The highest BCUT2D eigenvalue weighted by atomic mass is 35.5. The van der Waals surface area contributed by atoms with Crippen molar-refractivity contribution in [2.24, 2.45) is 10.3 Å². The molecule has 7 heteroatoms. The van der Waals surface area contributed by atoms with Gasteiger partial charge in [0.15, 0.2) is 12.1 Å². The average Bonchev–Trinajstić information content (AvgIpc) is 3.10. The van der Waals surface area contributed by atoms with Gasteiger partial charge in [-0.2, -0.15) is 5.11 Å².